The van der Waals surface area contributed by atoms with Gasteiger partial charge >= 0.3 is 0 Å². The molecule has 2 rings (SSSR count). The number of piperidine rings is 1. The monoisotopic (exact) mass is 278 g/mol. The summed E-state index contributed by atoms with van der Waals surface area (Å²) in [6.45, 7) is 1.94. The van der Waals surface area contributed by atoms with Gasteiger partial charge in [-0.25, -0.2) is 0 Å². The molecule has 1 aromatic rings. The van der Waals surface area contributed by atoms with Crippen LogP contribution in [0.3, 0.4) is 0 Å². The van der Waals surface area contributed by atoms with Gasteiger partial charge in [-0.15, -0.1) is 0 Å². The second-order valence-corrected chi connectivity index (χ2v) is 5.27. The Kier molecular flexibility index (Phi) is 5.00. The van der Waals surface area contributed by atoms with Gasteiger partial charge in [-0.2, -0.15) is 0 Å². The molecule has 0 aliphatic carbocycles. The summed E-state index contributed by atoms with van der Waals surface area (Å²) in [5.41, 5.74) is 0.980. The van der Waals surface area contributed by atoms with E-state index < -0.39 is 0 Å². The lowest BCUT2D eigenvalue weighted by Gasteiger charge is -2.31. The van der Waals surface area contributed by atoms with E-state index in [2.05, 4.69) is 5.32 Å². The standard InChI is InChI=1S/C15H19ClN2O/c1-18(14-3-2-10-17-11-14)15(19)9-6-12-4-7-13(16)8-5-12/h4-9,14,17H,2-3,10-11H2,1H3. The van der Waals surface area contributed by atoms with Crippen LogP contribution in [0.15, 0.2) is 30.3 Å². The van der Waals surface area contributed by atoms with Crippen molar-refractivity contribution in [2.45, 2.75) is 18.9 Å². The average molecular weight is 279 g/mol. The van der Waals surface area contributed by atoms with E-state index in [9.17, 15) is 4.79 Å². The number of nitrogens with one attached hydrogen (secondary N) is 1. The van der Waals surface area contributed by atoms with Gasteiger partial charge < -0.3 is 10.2 Å². The van der Waals surface area contributed by atoms with Gasteiger partial charge in [0.1, 0.15) is 0 Å². The van der Waals surface area contributed by atoms with Crippen LogP contribution in [0.4, 0.5) is 0 Å². The number of nitrogens with zero attached hydrogens (tertiary/aromatic N) is 1. The Hall–Kier alpha value is -1.32. The third kappa shape index (κ3) is 4.08. The summed E-state index contributed by atoms with van der Waals surface area (Å²) in [4.78, 5) is 13.9. The van der Waals surface area contributed by atoms with Crippen molar-refractivity contribution >= 4 is 23.6 Å². The molecule has 1 aliphatic heterocycles. The lowest BCUT2D eigenvalue weighted by molar-refractivity contribution is -0.127. The van der Waals surface area contributed by atoms with Crippen LogP contribution >= 0.6 is 11.6 Å². The smallest absolute Gasteiger partial charge is 0.246 e. The van der Waals surface area contributed by atoms with E-state index in [0.717, 1.165) is 31.5 Å². The fourth-order valence-electron chi connectivity index (χ4n) is 2.20. The van der Waals surface area contributed by atoms with Gasteiger partial charge in [0.25, 0.3) is 0 Å². The van der Waals surface area contributed by atoms with Crippen molar-refractivity contribution in [2.75, 3.05) is 20.1 Å². The van der Waals surface area contributed by atoms with E-state index in [1.807, 2.05) is 42.3 Å². The maximum absolute atomic E-state index is 12.1. The number of amides is 1. The number of carbonyl (C=O) groups is 1. The summed E-state index contributed by atoms with van der Waals surface area (Å²) >= 11 is 5.82. The van der Waals surface area contributed by atoms with Crippen LogP contribution in [-0.4, -0.2) is 37.0 Å². The van der Waals surface area contributed by atoms with Crippen molar-refractivity contribution in [1.29, 1.82) is 0 Å². The van der Waals surface area contributed by atoms with E-state index in [1.165, 1.54) is 0 Å². The zero-order chi connectivity index (χ0) is 13.7. The Morgan fingerprint density at radius 1 is 1.42 bits per heavy atom. The molecule has 19 heavy (non-hydrogen) atoms. The fraction of sp³-hybridized carbons (Fsp3) is 0.400. The first-order valence-electron chi connectivity index (χ1n) is 6.58. The van der Waals surface area contributed by atoms with Gasteiger partial charge in [-0.3, -0.25) is 4.79 Å². The molecule has 0 saturated carbocycles. The quantitative estimate of drug-likeness (QED) is 0.862. The summed E-state index contributed by atoms with van der Waals surface area (Å²) in [6.07, 6.45) is 5.65. The maximum atomic E-state index is 12.1. The lowest BCUT2D eigenvalue weighted by atomic mass is 10.1. The number of hydrogen-bond donors (Lipinski definition) is 1. The average Bonchev–Trinajstić information content (AvgIpc) is 2.46. The lowest BCUT2D eigenvalue weighted by Crippen LogP contribution is -2.46. The van der Waals surface area contributed by atoms with E-state index in [4.69, 9.17) is 11.6 Å². The highest BCUT2D eigenvalue weighted by Gasteiger charge is 2.20. The first-order chi connectivity index (χ1) is 9.16. The summed E-state index contributed by atoms with van der Waals surface area (Å²) in [6, 6.07) is 7.74. The largest absolute Gasteiger partial charge is 0.338 e. The van der Waals surface area contributed by atoms with Crippen LogP contribution in [0.25, 0.3) is 6.08 Å². The van der Waals surface area contributed by atoms with Gasteiger partial charge in [0.15, 0.2) is 0 Å². The van der Waals surface area contributed by atoms with Gasteiger partial charge in [0.2, 0.25) is 5.91 Å². The Morgan fingerprint density at radius 3 is 2.79 bits per heavy atom. The van der Waals surface area contributed by atoms with Crippen LogP contribution < -0.4 is 5.32 Å². The molecule has 1 fully saturated rings. The van der Waals surface area contributed by atoms with E-state index in [-0.39, 0.29) is 5.91 Å². The van der Waals surface area contributed by atoms with Crippen LogP contribution in [-0.2, 0) is 4.79 Å². The predicted molar refractivity (Wildman–Crippen MR) is 79.1 cm³/mol. The molecule has 1 amide bonds. The fourth-order valence-corrected chi connectivity index (χ4v) is 2.33. The number of halogens is 1. The van der Waals surface area contributed by atoms with E-state index in [0.29, 0.717) is 11.1 Å². The number of hydrogen-bond acceptors (Lipinski definition) is 2. The van der Waals surface area contributed by atoms with E-state index in [1.54, 1.807) is 6.08 Å². The number of likely N-dealkylation sites (N-methyl/N-ethyl adjacent to an activating group) is 1. The number of carbonyl (C=O) groups excluding carboxylic acids is 1. The number of rotatable bonds is 3. The second-order valence-electron chi connectivity index (χ2n) is 4.83. The zero-order valence-electron chi connectivity index (χ0n) is 11.1. The highest BCUT2D eigenvalue weighted by atomic mass is 35.5. The first kappa shape index (κ1) is 14.1. The molecule has 1 saturated heterocycles. The molecule has 1 aliphatic rings. The summed E-state index contributed by atoms with van der Waals surface area (Å²) in [5, 5.41) is 4.02. The topological polar surface area (TPSA) is 32.3 Å². The minimum absolute atomic E-state index is 0.0450. The van der Waals surface area contributed by atoms with Crippen LogP contribution in [0.1, 0.15) is 18.4 Å². The summed E-state index contributed by atoms with van der Waals surface area (Å²) < 4.78 is 0. The third-order valence-corrected chi connectivity index (χ3v) is 3.71. The normalized spacial score (nSPS) is 19.6. The summed E-state index contributed by atoms with van der Waals surface area (Å²) in [7, 11) is 1.87. The molecule has 102 valence electrons. The van der Waals surface area contributed by atoms with Crippen molar-refractivity contribution in [2.24, 2.45) is 0 Å². The molecule has 0 aromatic heterocycles. The van der Waals surface area contributed by atoms with Gasteiger partial charge in [0, 0.05) is 30.7 Å². The first-order valence-corrected chi connectivity index (χ1v) is 6.96. The van der Waals surface area contributed by atoms with Crippen molar-refractivity contribution in [3.8, 4) is 0 Å². The molecule has 1 atom stereocenters. The van der Waals surface area contributed by atoms with Crippen LogP contribution in [0.5, 0.6) is 0 Å². The zero-order valence-corrected chi connectivity index (χ0v) is 11.9. The van der Waals surface area contributed by atoms with Crippen LogP contribution in [0.2, 0.25) is 5.02 Å². The molecule has 1 unspecified atom stereocenters. The molecule has 4 heteroatoms. The molecule has 1 aromatic carbocycles. The Morgan fingerprint density at radius 2 is 2.16 bits per heavy atom. The predicted octanol–water partition coefficient (Wildman–Crippen LogP) is 2.56. The summed E-state index contributed by atoms with van der Waals surface area (Å²) in [5.74, 6) is 0.0450. The highest BCUT2D eigenvalue weighted by Crippen LogP contribution is 2.12. The minimum Gasteiger partial charge on any atom is -0.338 e. The molecule has 0 bridgehead atoms. The minimum atomic E-state index is 0.0450. The Labute approximate surface area is 119 Å². The second kappa shape index (κ2) is 6.73. The van der Waals surface area contributed by atoms with Crippen molar-refractivity contribution in [3.05, 3.63) is 40.9 Å². The molecule has 0 radical (unpaired) electrons. The molecular weight excluding hydrogens is 260 g/mol. The van der Waals surface area contributed by atoms with Crippen molar-refractivity contribution < 1.29 is 4.79 Å². The molecular formula is C15H19ClN2O. The van der Waals surface area contributed by atoms with E-state index >= 15 is 0 Å². The Bertz CT molecular complexity index is 450. The maximum Gasteiger partial charge on any atom is 0.246 e. The number of benzene rings is 1. The third-order valence-electron chi connectivity index (χ3n) is 3.45. The Balaban J connectivity index is 1.93. The van der Waals surface area contributed by atoms with Crippen molar-refractivity contribution in [1.82, 2.24) is 10.2 Å². The van der Waals surface area contributed by atoms with Crippen molar-refractivity contribution in [3.63, 3.8) is 0 Å². The molecule has 1 heterocycles. The SMILES string of the molecule is CN(C(=O)C=Cc1ccc(Cl)cc1)C1CCCNC1. The van der Waals surface area contributed by atoms with Gasteiger partial charge in [0.05, 0.1) is 0 Å². The van der Waals surface area contributed by atoms with Crippen LogP contribution in [0, 0.1) is 0 Å². The highest BCUT2D eigenvalue weighted by molar-refractivity contribution is 6.30. The molecule has 1 N–H and O–H groups in total. The van der Waals surface area contributed by atoms with Gasteiger partial charge in [-0.1, -0.05) is 23.7 Å². The molecule has 3 nitrogen and oxygen atoms in total. The van der Waals surface area contributed by atoms with Gasteiger partial charge in [-0.05, 0) is 43.2 Å². The molecule has 0 spiro atoms.